The Labute approximate surface area is 119 Å². The second kappa shape index (κ2) is 6.12. The summed E-state index contributed by atoms with van der Waals surface area (Å²) in [5, 5.41) is 13.3. The Kier molecular flexibility index (Phi) is 5.02. The lowest BCUT2D eigenvalue weighted by Crippen LogP contribution is -2.39. The topological polar surface area (TPSA) is 98.3 Å². The van der Waals surface area contributed by atoms with Gasteiger partial charge < -0.3 is 11.1 Å². The molecule has 1 aromatic rings. The minimum absolute atomic E-state index is 0.0399. The van der Waals surface area contributed by atoms with Gasteiger partial charge in [-0.1, -0.05) is 6.92 Å². The van der Waals surface area contributed by atoms with Crippen molar-refractivity contribution >= 4 is 33.2 Å². The number of hydrogen-bond donors (Lipinski definition) is 2. The van der Waals surface area contributed by atoms with Crippen LogP contribution >= 0.6 is 15.9 Å². The van der Waals surface area contributed by atoms with Gasteiger partial charge in [-0.2, -0.15) is 0 Å². The molecule has 1 amide bonds. The first kappa shape index (κ1) is 15.6. The van der Waals surface area contributed by atoms with Gasteiger partial charge in [0.05, 0.1) is 16.0 Å². The number of nitrogens with one attached hydrogen (secondary N) is 1. The van der Waals surface area contributed by atoms with Crippen LogP contribution < -0.4 is 11.1 Å². The van der Waals surface area contributed by atoms with Crippen LogP contribution in [-0.4, -0.2) is 17.4 Å². The molecule has 0 aromatic heterocycles. The van der Waals surface area contributed by atoms with Crippen LogP contribution in [0, 0.1) is 15.5 Å². The molecule has 0 saturated heterocycles. The Bertz CT molecular complexity index is 501. The molecule has 7 heteroatoms. The quantitative estimate of drug-likeness (QED) is 0.640. The molecule has 104 valence electrons. The molecule has 0 saturated carbocycles. The van der Waals surface area contributed by atoms with Crippen LogP contribution in [0.5, 0.6) is 0 Å². The lowest BCUT2D eigenvalue weighted by atomic mass is 9.86. The van der Waals surface area contributed by atoms with E-state index < -0.39 is 10.3 Å². The third-order valence-corrected chi connectivity index (χ3v) is 3.85. The van der Waals surface area contributed by atoms with Crippen molar-refractivity contribution in [2.24, 2.45) is 11.1 Å². The fraction of sp³-hybridized carbons (Fsp3) is 0.417. The van der Waals surface area contributed by atoms with Crippen molar-refractivity contribution in [2.45, 2.75) is 20.3 Å². The van der Waals surface area contributed by atoms with Gasteiger partial charge in [0.15, 0.2) is 0 Å². The van der Waals surface area contributed by atoms with Gasteiger partial charge in [0.2, 0.25) is 5.91 Å². The number of nitro groups is 1. The van der Waals surface area contributed by atoms with E-state index in [1.807, 2.05) is 6.92 Å². The maximum atomic E-state index is 12.1. The second-order valence-electron chi connectivity index (χ2n) is 4.49. The predicted molar refractivity (Wildman–Crippen MR) is 76.9 cm³/mol. The van der Waals surface area contributed by atoms with Crippen LogP contribution in [0.4, 0.5) is 11.4 Å². The molecule has 0 aliphatic heterocycles. The minimum atomic E-state index is -0.652. The number of nitrogens with zero attached hydrogens (tertiary/aromatic N) is 1. The van der Waals surface area contributed by atoms with E-state index in [2.05, 4.69) is 21.2 Å². The first-order valence-corrected chi connectivity index (χ1v) is 6.59. The highest BCUT2D eigenvalue weighted by molar-refractivity contribution is 9.10. The van der Waals surface area contributed by atoms with Crippen LogP contribution in [0.1, 0.15) is 20.3 Å². The summed E-state index contributed by atoms with van der Waals surface area (Å²) in [5.74, 6) is -0.202. The summed E-state index contributed by atoms with van der Waals surface area (Å²) in [6, 6.07) is 4.18. The highest BCUT2D eigenvalue weighted by Gasteiger charge is 2.30. The molecule has 0 heterocycles. The highest BCUT2D eigenvalue weighted by Crippen LogP contribution is 2.29. The van der Waals surface area contributed by atoms with Crippen LogP contribution in [0.15, 0.2) is 22.7 Å². The van der Waals surface area contributed by atoms with Crippen LogP contribution in [0.3, 0.4) is 0 Å². The number of benzene rings is 1. The highest BCUT2D eigenvalue weighted by atomic mass is 79.9. The van der Waals surface area contributed by atoms with Crippen molar-refractivity contribution in [3.63, 3.8) is 0 Å². The van der Waals surface area contributed by atoms with Gasteiger partial charge in [-0.25, -0.2) is 0 Å². The van der Waals surface area contributed by atoms with Crippen LogP contribution in [0.2, 0.25) is 0 Å². The van der Waals surface area contributed by atoms with E-state index in [1.165, 1.54) is 18.2 Å². The fourth-order valence-electron chi connectivity index (χ4n) is 1.39. The first-order valence-electron chi connectivity index (χ1n) is 5.79. The molecule has 6 nitrogen and oxygen atoms in total. The van der Waals surface area contributed by atoms with E-state index in [0.717, 1.165) is 0 Å². The fourth-order valence-corrected chi connectivity index (χ4v) is 1.86. The van der Waals surface area contributed by atoms with E-state index in [0.29, 0.717) is 16.6 Å². The van der Waals surface area contributed by atoms with Gasteiger partial charge in [-0.15, -0.1) is 0 Å². The molecule has 0 radical (unpaired) electrons. The maximum absolute atomic E-state index is 12.1. The Hall–Kier alpha value is -1.47. The monoisotopic (exact) mass is 329 g/mol. The van der Waals surface area contributed by atoms with Crippen LogP contribution in [0.25, 0.3) is 0 Å². The maximum Gasteiger partial charge on any atom is 0.270 e. The number of non-ortho nitro benzene ring substituents is 1. The molecule has 0 aliphatic carbocycles. The molecular formula is C12H16BrN3O3. The molecule has 1 aromatic carbocycles. The van der Waals surface area contributed by atoms with Gasteiger partial charge in [0.25, 0.3) is 5.69 Å². The molecule has 19 heavy (non-hydrogen) atoms. The SMILES string of the molecule is CCC(C)(CN)C(=O)Nc1ccc([N+](=O)[O-])cc1Br. The van der Waals surface area contributed by atoms with Crippen molar-refractivity contribution in [3.05, 3.63) is 32.8 Å². The molecule has 3 N–H and O–H groups in total. The number of carbonyl (C=O) groups is 1. The Morgan fingerprint density at radius 3 is 2.63 bits per heavy atom. The number of halogens is 1. The lowest BCUT2D eigenvalue weighted by molar-refractivity contribution is -0.384. The number of nitrogens with two attached hydrogens (primary N) is 1. The minimum Gasteiger partial charge on any atom is -0.329 e. The van der Waals surface area contributed by atoms with Gasteiger partial charge in [-0.05, 0) is 35.3 Å². The summed E-state index contributed by atoms with van der Waals surface area (Å²) in [7, 11) is 0. The summed E-state index contributed by atoms with van der Waals surface area (Å²) in [5.41, 5.74) is 5.41. The number of amides is 1. The molecule has 1 atom stereocenters. The molecule has 0 bridgehead atoms. The molecule has 0 aliphatic rings. The number of nitro benzene ring substituents is 1. The zero-order valence-corrected chi connectivity index (χ0v) is 12.4. The Morgan fingerprint density at radius 2 is 2.21 bits per heavy atom. The summed E-state index contributed by atoms with van der Waals surface area (Å²) in [4.78, 5) is 22.2. The van der Waals surface area contributed by atoms with E-state index >= 15 is 0 Å². The average Bonchev–Trinajstić information content (AvgIpc) is 2.39. The van der Waals surface area contributed by atoms with E-state index in [4.69, 9.17) is 5.73 Å². The summed E-state index contributed by atoms with van der Waals surface area (Å²) < 4.78 is 0.463. The molecule has 0 fully saturated rings. The van der Waals surface area contributed by atoms with Crippen molar-refractivity contribution < 1.29 is 9.72 Å². The third-order valence-electron chi connectivity index (χ3n) is 3.19. The number of hydrogen-bond acceptors (Lipinski definition) is 4. The van der Waals surface area contributed by atoms with Crippen molar-refractivity contribution in [1.82, 2.24) is 0 Å². The van der Waals surface area contributed by atoms with Gasteiger partial charge in [0.1, 0.15) is 0 Å². The molecule has 1 unspecified atom stereocenters. The second-order valence-corrected chi connectivity index (χ2v) is 5.35. The Morgan fingerprint density at radius 1 is 1.58 bits per heavy atom. The standard InChI is InChI=1S/C12H16BrN3O3/c1-3-12(2,7-14)11(17)15-10-5-4-8(16(18)19)6-9(10)13/h4-6H,3,7,14H2,1-2H3,(H,15,17). The largest absolute Gasteiger partial charge is 0.329 e. The predicted octanol–water partition coefficient (Wildman–Crippen LogP) is 2.67. The van der Waals surface area contributed by atoms with E-state index in [9.17, 15) is 14.9 Å². The van der Waals surface area contributed by atoms with Crippen molar-refractivity contribution in [1.29, 1.82) is 0 Å². The van der Waals surface area contributed by atoms with E-state index in [1.54, 1.807) is 6.92 Å². The molecule has 1 rings (SSSR count). The number of anilines is 1. The normalized spacial score (nSPS) is 13.7. The first-order chi connectivity index (χ1) is 8.84. The molecular weight excluding hydrogens is 314 g/mol. The summed E-state index contributed by atoms with van der Waals surface area (Å²) in [6.45, 7) is 3.90. The van der Waals surface area contributed by atoms with E-state index in [-0.39, 0.29) is 18.1 Å². The van der Waals surface area contributed by atoms with Gasteiger partial charge >= 0.3 is 0 Å². The average molecular weight is 330 g/mol. The third kappa shape index (κ3) is 3.51. The van der Waals surface area contributed by atoms with Crippen molar-refractivity contribution in [2.75, 3.05) is 11.9 Å². The molecule has 0 spiro atoms. The summed E-state index contributed by atoms with van der Waals surface area (Å²) >= 11 is 3.20. The zero-order valence-electron chi connectivity index (χ0n) is 10.8. The Balaban J connectivity index is 2.95. The summed E-state index contributed by atoms with van der Waals surface area (Å²) in [6.07, 6.45) is 0.611. The van der Waals surface area contributed by atoms with Crippen molar-refractivity contribution in [3.8, 4) is 0 Å². The van der Waals surface area contributed by atoms with Gasteiger partial charge in [-0.3, -0.25) is 14.9 Å². The zero-order chi connectivity index (χ0) is 14.6. The smallest absolute Gasteiger partial charge is 0.270 e. The number of carbonyl (C=O) groups excluding carboxylic acids is 1. The number of rotatable bonds is 5. The van der Waals surface area contributed by atoms with Gasteiger partial charge in [0, 0.05) is 23.2 Å². The van der Waals surface area contributed by atoms with Crippen LogP contribution in [-0.2, 0) is 4.79 Å². The lowest BCUT2D eigenvalue weighted by Gasteiger charge is -2.25.